The molecule has 0 unspecified atom stereocenters. The molecule has 4 aromatic rings. The van der Waals surface area contributed by atoms with Gasteiger partial charge in [0.25, 0.3) is 0 Å². The molecule has 162 valence electrons. The summed E-state index contributed by atoms with van der Waals surface area (Å²) in [4.78, 5) is 23.8. The molecule has 3 N–H and O–H groups in total. The van der Waals surface area contributed by atoms with E-state index in [-0.39, 0.29) is 0 Å². The molecule has 9 nitrogen and oxygen atoms in total. The number of imidazole rings is 1. The lowest BCUT2D eigenvalue weighted by Crippen LogP contribution is -2.42. The number of hydrogen-bond donors (Lipinski definition) is 3. The highest BCUT2D eigenvalue weighted by Gasteiger charge is 2.19. The molecule has 0 saturated carbocycles. The number of hydrogen-bond acceptors (Lipinski definition) is 8. The maximum Gasteiger partial charge on any atom is 0.206 e. The molecule has 0 spiro atoms. The van der Waals surface area contributed by atoms with Crippen LogP contribution in [0.15, 0.2) is 42.9 Å². The number of fused-ring (bicyclic) bond motifs is 2. The highest BCUT2D eigenvalue weighted by molar-refractivity contribution is 5.84. The number of benzene rings is 1. The van der Waals surface area contributed by atoms with Crippen LogP contribution in [0.5, 0.6) is 0 Å². The summed E-state index contributed by atoms with van der Waals surface area (Å²) >= 11 is 0. The Kier molecular flexibility index (Phi) is 4.99. The number of rotatable bonds is 5. The maximum atomic E-state index is 5.55. The zero-order valence-corrected chi connectivity index (χ0v) is 17.6. The standard InChI is InChI=1S/C23H24N8O/c1-2-18-19(10-16(1)22-17-12-32-13-20(17)26-14-27-22)29-23(28-18)30-21-9-15(3-4-25-21)11-31-7-5-24-6-8-31/h1-4,9-10,14,24H,5-8,11-13H2,(H2,25,28,29,30). The Hall–Kier alpha value is -3.40. The van der Waals surface area contributed by atoms with Gasteiger partial charge in [-0.3, -0.25) is 4.90 Å². The molecule has 0 aliphatic carbocycles. The number of aromatic nitrogens is 5. The highest BCUT2D eigenvalue weighted by Crippen LogP contribution is 2.30. The van der Waals surface area contributed by atoms with Crippen LogP contribution in [0.4, 0.5) is 11.8 Å². The third-order valence-electron chi connectivity index (χ3n) is 5.96. The predicted molar refractivity (Wildman–Crippen MR) is 121 cm³/mol. The Morgan fingerprint density at radius 1 is 1.03 bits per heavy atom. The van der Waals surface area contributed by atoms with Gasteiger partial charge in [0.05, 0.1) is 35.6 Å². The van der Waals surface area contributed by atoms with E-state index in [0.717, 1.165) is 72.1 Å². The van der Waals surface area contributed by atoms with Gasteiger partial charge in [0.1, 0.15) is 12.1 Å². The molecule has 0 atom stereocenters. The first-order valence-electron chi connectivity index (χ1n) is 10.9. The van der Waals surface area contributed by atoms with E-state index >= 15 is 0 Å². The fraction of sp³-hybridized carbons (Fsp3) is 0.304. The first-order valence-corrected chi connectivity index (χ1v) is 10.9. The van der Waals surface area contributed by atoms with Crippen LogP contribution in [0.1, 0.15) is 16.8 Å². The zero-order chi connectivity index (χ0) is 21.3. The van der Waals surface area contributed by atoms with Gasteiger partial charge in [0.2, 0.25) is 5.95 Å². The van der Waals surface area contributed by atoms with Crippen molar-refractivity contribution in [1.29, 1.82) is 0 Å². The summed E-state index contributed by atoms with van der Waals surface area (Å²) in [6.07, 6.45) is 3.45. The van der Waals surface area contributed by atoms with Crippen LogP contribution >= 0.6 is 0 Å². The predicted octanol–water partition coefficient (Wildman–Crippen LogP) is 2.59. The third kappa shape index (κ3) is 3.81. The summed E-state index contributed by atoms with van der Waals surface area (Å²) in [6.45, 7) is 6.25. The first-order chi connectivity index (χ1) is 15.8. The van der Waals surface area contributed by atoms with Crippen LogP contribution in [-0.2, 0) is 24.5 Å². The molecule has 0 bridgehead atoms. The summed E-state index contributed by atoms with van der Waals surface area (Å²) in [7, 11) is 0. The van der Waals surface area contributed by atoms with Crippen molar-refractivity contribution in [2.24, 2.45) is 0 Å². The van der Waals surface area contributed by atoms with Crippen molar-refractivity contribution in [2.45, 2.75) is 19.8 Å². The van der Waals surface area contributed by atoms with Crippen molar-refractivity contribution in [2.75, 3.05) is 31.5 Å². The molecule has 2 aliphatic heterocycles. The molecule has 0 amide bonds. The second kappa shape index (κ2) is 8.27. The average Bonchev–Trinajstić information content (AvgIpc) is 3.46. The number of anilines is 2. The van der Waals surface area contributed by atoms with Crippen molar-refractivity contribution in [3.63, 3.8) is 0 Å². The molecule has 1 aromatic carbocycles. The number of piperazine rings is 1. The Bertz CT molecular complexity index is 1260. The van der Waals surface area contributed by atoms with E-state index < -0.39 is 0 Å². The zero-order valence-electron chi connectivity index (χ0n) is 17.6. The SMILES string of the molecule is c1cc(CN2CCNCC2)cc(Nc2nc3ccc(-c4ncnc5c4COC5)cc3[nH]2)n1. The Morgan fingerprint density at radius 3 is 2.91 bits per heavy atom. The summed E-state index contributed by atoms with van der Waals surface area (Å²) in [5.41, 5.74) is 7.03. The number of pyridine rings is 1. The number of nitrogens with zero attached hydrogens (tertiary/aromatic N) is 5. The van der Waals surface area contributed by atoms with Crippen LogP contribution in [0.2, 0.25) is 0 Å². The minimum absolute atomic E-state index is 0.548. The van der Waals surface area contributed by atoms with Gasteiger partial charge < -0.3 is 20.4 Å². The van der Waals surface area contributed by atoms with Gasteiger partial charge in [-0.2, -0.15) is 0 Å². The minimum atomic E-state index is 0.548. The monoisotopic (exact) mass is 428 g/mol. The molecular weight excluding hydrogens is 404 g/mol. The molecule has 5 heterocycles. The van der Waals surface area contributed by atoms with Crippen molar-refractivity contribution in [3.8, 4) is 11.3 Å². The molecule has 1 saturated heterocycles. The van der Waals surface area contributed by atoms with Crippen LogP contribution in [0.25, 0.3) is 22.3 Å². The molecule has 2 aliphatic rings. The molecule has 6 rings (SSSR count). The van der Waals surface area contributed by atoms with Gasteiger partial charge in [-0.1, -0.05) is 6.07 Å². The molecule has 3 aromatic heterocycles. The number of aromatic amines is 1. The van der Waals surface area contributed by atoms with Crippen molar-refractivity contribution >= 4 is 22.8 Å². The molecule has 9 heteroatoms. The molecule has 32 heavy (non-hydrogen) atoms. The summed E-state index contributed by atoms with van der Waals surface area (Å²) < 4.78 is 5.55. The van der Waals surface area contributed by atoms with E-state index in [2.05, 4.69) is 58.7 Å². The van der Waals surface area contributed by atoms with Crippen LogP contribution < -0.4 is 10.6 Å². The van der Waals surface area contributed by atoms with E-state index in [9.17, 15) is 0 Å². The van der Waals surface area contributed by atoms with Gasteiger partial charge in [-0.05, 0) is 29.8 Å². The van der Waals surface area contributed by atoms with Gasteiger partial charge in [-0.15, -0.1) is 0 Å². The summed E-state index contributed by atoms with van der Waals surface area (Å²) in [5, 5.41) is 6.71. The lowest BCUT2D eigenvalue weighted by atomic mass is 10.1. The highest BCUT2D eigenvalue weighted by atomic mass is 16.5. The average molecular weight is 429 g/mol. The van der Waals surface area contributed by atoms with Crippen molar-refractivity contribution in [1.82, 2.24) is 35.1 Å². The third-order valence-corrected chi connectivity index (χ3v) is 5.96. The van der Waals surface area contributed by atoms with E-state index in [4.69, 9.17) is 4.74 Å². The van der Waals surface area contributed by atoms with Gasteiger partial charge in [0.15, 0.2) is 0 Å². The number of nitrogens with one attached hydrogen (secondary N) is 3. The van der Waals surface area contributed by atoms with Crippen molar-refractivity contribution < 1.29 is 4.74 Å². The second-order valence-electron chi connectivity index (χ2n) is 8.16. The second-order valence-corrected chi connectivity index (χ2v) is 8.16. The van der Waals surface area contributed by atoms with Crippen LogP contribution in [-0.4, -0.2) is 56.0 Å². The molecular formula is C23H24N8O. The number of H-pyrrole nitrogens is 1. The fourth-order valence-electron chi connectivity index (χ4n) is 4.33. The molecule has 0 radical (unpaired) electrons. The van der Waals surface area contributed by atoms with E-state index in [0.29, 0.717) is 19.2 Å². The van der Waals surface area contributed by atoms with Crippen LogP contribution in [0.3, 0.4) is 0 Å². The van der Waals surface area contributed by atoms with E-state index in [1.807, 2.05) is 18.3 Å². The van der Waals surface area contributed by atoms with Gasteiger partial charge in [-0.25, -0.2) is 19.9 Å². The quantitative estimate of drug-likeness (QED) is 0.446. The maximum absolute atomic E-state index is 5.55. The summed E-state index contributed by atoms with van der Waals surface area (Å²) in [5.74, 6) is 1.45. The van der Waals surface area contributed by atoms with Crippen molar-refractivity contribution in [3.05, 3.63) is 59.7 Å². The first kappa shape index (κ1) is 19.3. The van der Waals surface area contributed by atoms with Crippen LogP contribution in [0, 0.1) is 0 Å². The number of ether oxygens (including phenoxy) is 1. The Balaban J connectivity index is 1.23. The minimum Gasteiger partial charge on any atom is -0.370 e. The lowest BCUT2D eigenvalue weighted by Gasteiger charge is -2.27. The Labute approximate surface area is 185 Å². The largest absolute Gasteiger partial charge is 0.370 e. The smallest absolute Gasteiger partial charge is 0.206 e. The normalized spacial score (nSPS) is 16.4. The van der Waals surface area contributed by atoms with E-state index in [1.165, 1.54) is 5.56 Å². The van der Waals surface area contributed by atoms with E-state index in [1.54, 1.807) is 6.33 Å². The van der Waals surface area contributed by atoms with Gasteiger partial charge in [0, 0.05) is 50.0 Å². The topological polar surface area (TPSA) is 104 Å². The molecule has 1 fully saturated rings. The van der Waals surface area contributed by atoms with Gasteiger partial charge >= 0.3 is 0 Å². The fourth-order valence-corrected chi connectivity index (χ4v) is 4.33. The Morgan fingerprint density at radius 2 is 1.97 bits per heavy atom. The summed E-state index contributed by atoms with van der Waals surface area (Å²) in [6, 6.07) is 10.3. The lowest BCUT2D eigenvalue weighted by molar-refractivity contribution is 0.133.